The maximum absolute atomic E-state index is 5.42. The monoisotopic (exact) mass is 187 g/mol. The van der Waals surface area contributed by atoms with Crippen LogP contribution in [0.25, 0.3) is 17.0 Å². The van der Waals surface area contributed by atoms with Gasteiger partial charge >= 0.3 is 0 Å². The van der Waals surface area contributed by atoms with Gasteiger partial charge in [-0.15, -0.1) is 0 Å². The number of hydrogen-bond donors (Lipinski definition) is 1. The molecule has 1 heterocycles. The Bertz CT molecular complexity index is 468. The molecule has 3 heteroatoms. The van der Waals surface area contributed by atoms with Crippen molar-refractivity contribution in [2.24, 2.45) is 12.8 Å². The molecular weight excluding hydrogens is 174 g/mol. The van der Waals surface area contributed by atoms with Crippen LogP contribution in [0.5, 0.6) is 0 Å². The molecule has 2 aromatic rings. The second-order valence-corrected chi connectivity index (χ2v) is 3.16. The number of aromatic nitrogens is 2. The van der Waals surface area contributed by atoms with Gasteiger partial charge in [0, 0.05) is 19.0 Å². The first-order valence-corrected chi connectivity index (χ1v) is 4.61. The van der Waals surface area contributed by atoms with Gasteiger partial charge in [0.2, 0.25) is 0 Å². The number of fused-ring (bicyclic) bond motifs is 1. The zero-order chi connectivity index (χ0) is 9.97. The largest absolute Gasteiger partial charge is 0.327 e. The molecule has 0 saturated carbocycles. The van der Waals surface area contributed by atoms with Crippen LogP contribution in [0.1, 0.15) is 5.69 Å². The third-order valence-corrected chi connectivity index (χ3v) is 2.20. The quantitative estimate of drug-likeness (QED) is 0.775. The molecule has 2 N–H and O–H groups in total. The maximum Gasteiger partial charge on any atom is 0.0929 e. The number of hydrogen-bond acceptors (Lipinski definition) is 2. The first-order chi connectivity index (χ1) is 6.83. The highest BCUT2D eigenvalue weighted by molar-refractivity contribution is 5.86. The highest BCUT2D eigenvalue weighted by atomic mass is 15.3. The van der Waals surface area contributed by atoms with E-state index >= 15 is 0 Å². The average molecular weight is 187 g/mol. The lowest BCUT2D eigenvalue weighted by atomic mass is 10.2. The van der Waals surface area contributed by atoms with E-state index in [1.165, 1.54) is 5.39 Å². The molecule has 1 aromatic heterocycles. The fourth-order valence-corrected chi connectivity index (χ4v) is 1.54. The summed E-state index contributed by atoms with van der Waals surface area (Å²) in [6, 6.07) is 8.09. The van der Waals surface area contributed by atoms with E-state index in [9.17, 15) is 0 Å². The minimum Gasteiger partial charge on any atom is -0.327 e. The number of rotatable bonds is 2. The summed E-state index contributed by atoms with van der Waals surface area (Å²) in [5.41, 5.74) is 7.55. The van der Waals surface area contributed by atoms with Gasteiger partial charge < -0.3 is 5.73 Å². The Labute approximate surface area is 82.8 Å². The minimum absolute atomic E-state index is 0.555. The summed E-state index contributed by atoms with van der Waals surface area (Å²) in [5, 5.41) is 5.56. The lowest BCUT2D eigenvalue weighted by Crippen LogP contribution is -1.95. The van der Waals surface area contributed by atoms with Crippen LogP contribution in [0.2, 0.25) is 0 Å². The molecule has 0 atom stereocenters. The van der Waals surface area contributed by atoms with Crippen molar-refractivity contribution in [2.45, 2.75) is 0 Å². The van der Waals surface area contributed by atoms with Gasteiger partial charge in [-0.2, -0.15) is 5.10 Å². The van der Waals surface area contributed by atoms with Gasteiger partial charge in [-0.3, -0.25) is 4.68 Å². The van der Waals surface area contributed by atoms with Crippen LogP contribution in [-0.4, -0.2) is 16.3 Å². The van der Waals surface area contributed by atoms with Crippen LogP contribution in [0.15, 0.2) is 30.3 Å². The van der Waals surface area contributed by atoms with Crippen molar-refractivity contribution < 1.29 is 0 Å². The van der Waals surface area contributed by atoms with Crippen LogP contribution in [0.4, 0.5) is 0 Å². The van der Waals surface area contributed by atoms with Crippen LogP contribution in [0, 0.1) is 0 Å². The summed E-state index contributed by atoms with van der Waals surface area (Å²) in [5.74, 6) is 0. The van der Waals surface area contributed by atoms with Crippen LogP contribution in [-0.2, 0) is 7.05 Å². The van der Waals surface area contributed by atoms with Crippen molar-refractivity contribution in [3.8, 4) is 0 Å². The van der Waals surface area contributed by atoms with Gasteiger partial charge in [-0.25, -0.2) is 0 Å². The SMILES string of the molecule is Cn1nc2ccccc2c1/C=C/CN. The Morgan fingerprint density at radius 1 is 1.43 bits per heavy atom. The topological polar surface area (TPSA) is 43.8 Å². The molecule has 0 amide bonds. The molecule has 3 nitrogen and oxygen atoms in total. The summed E-state index contributed by atoms with van der Waals surface area (Å²) in [6.45, 7) is 0.555. The molecule has 14 heavy (non-hydrogen) atoms. The summed E-state index contributed by atoms with van der Waals surface area (Å²) in [7, 11) is 1.94. The van der Waals surface area contributed by atoms with E-state index in [0.717, 1.165) is 11.2 Å². The van der Waals surface area contributed by atoms with Crippen molar-refractivity contribution in [1.29, 1.82) is 0 Å². The molecule has 0 bridgehead atoms. The second kappa shape index (κ2) is 3.64. The molecule has 0 fully saturated rings. The summed E-state index contributed by atoms with van der Waals surface area (Å²) in [4.78, 5) is 0. The summed E-state index contributed by atoms with van der Waals surface area (Å²) in [6.07, 6.45) is 3.94. The molecule has 0 spiro atoms. The number of aryl methyl sites for hydroxylation is 1. The molecule has 72 valence electrons. The third-order valence-electron chi connectivity index (χ3n) is 2.20. The smallest absolute Gasteiger partial charge is 0.0929 e. The first kappa shape index (κ1) is 8.97. The van der Waals surface area contributed by atoms with E-state index in [0.29, 0.717) is 6.54 Å². The maximum atomic E-state index is 5.42. The molecule has 0 unspecified atom stereocenters. The van der Waals surface area contributed by atoms with Crippen molar-refractivity contribution in [2.75, 3.05) is 6.54 Å². The predicted molar refractivity (Wildman–Crippen MR) is 58.8 cm³/mol. The van der Waals surface area contributed by atoms with Gasteiger partial charge in [0.1, 0.15) is 0 Å². The van der Waals surface area contributed by atoms with E-state index in [2.05, 4.69) is 11.2 Å². The zero-order valence-electron chi connectivity index (χ0n) is 8.14. The van der Waals surface area contributed by atoms with Crippen molar-refractivity contribution >= 4 is 17.0 Å². The normalized spacial score (nSPS) is 11.6. The van der Waals surface area contributed by atoms with Gasteiger partial charge in [0.15, 0.2) is 0 Å². The number of nitrogens with zero attached hydrogens (tertiary/aromatic N) is 2. The molecule has 2 rings (SSSR count). The highest BCUT2D eigenvalue weighted by Crippen LogP contribution is 2.18. The average Bonchev–Trinajstić information content (AvgIpc) is 2.51. The lowest BCUT2D eigenvalue weighted by molar-refractivity contribution is 0.771. The fourth-order valence-electron chi connectivity index (χ4n) is 1.54. The summed E-state index contributed by atoms with van der Waals surface area (Å²) >= 11 is 0. The molecule has 0 aliphatic carbocycles. The van der Waals surface area contributed by atoms with E-state index in [1.54, 1.807) is 0 Å². The van der Waals surface area contributed by atoms with Gasteiger partial charge in [-0.05, 0) is 12.1 Å². The van der Waals surface area contributed by atoms with Crippen LogP contribution in [0.3, 0.4) is 0 Å². The number of nitrogens with two attached hydrogens (primary N) is 1. The molecule has 0 aliphatic heterocycles. The van der Waals surface area contributed by atoms with E-state index in [-0.39, 0.29) is 0 Å². The third kappa shape index (κ3) is 1.42. The molecule has 1 aromatic carbocycles. The van der Waals surface area contributed by atoms with Crippen LogP contribution >= 0.6 is 0 Å². The summed E-state index contributed by atoms with van der Waals surface area (Å²) < 4.78 is 1.87. The standard InChI is InChI=1S/C11H13N3/c1-14-11(7-4-8-12)9-5-2-3-6-10(9)13-14/h2-7H,8,12H2,1H3/b7-4+. The Hall–Kier alpha value is -1.61. The van der Waals surface area contributed by atoms with E-state index in [4.69, 9.17) is 5.73 Å². The molecule has 0 radical (unpaired) electrons. The first-order valence-electron chi connectivity index (χ1n) is 4.61. The molecular formula is C11H13N3. The van der Waals surface area contributed by atoms with Gasteiger partial charge in [0.25, 0.3) is 0 Å². The van der Waals surface area contributed by atoms with Crippen molar-refractivity contribution in [3.63, 3.8) is 0 Å². The van der Waals surface area contributed by atoms with Crippen LogP contribution < -0.4 is 5.73 Å². The Morgan fingerprint density at radius 2 is 2.21 bits per heavy atom. The number of benzene rings is 1. The predicted octanol–water partition coefficient (Wildman–Crippen LogP) is 1.55. The minimum atomic E-state index is 0.555. The van der Waals surface area contributed by atoms with Gasteiger partial charge in [0.05, 0.1) is 11.2 Å². The van der Waals surface area contributed by atoms with E-state index < -0.39 is 0 Å². The zero-order valence-corrected chi connectivity index (χ0v) is 8.14. The Kier molecular flexibility index (Phi) is 2.33. The Balaban J connectivity index is 2.62. The van der Waals surface area contributed by atoms with Gasteiger partial charge in [-0.1, -0.05) is 24.3 Å². The second-order valence-electron chi connectivity index (χ2n) is 3.16. The lowest BCUT2D eigenvalue weighted by Gasteiger charge is -1.93. The Morgan fingerprint density at radius 3 is 3.00 bits per heavy atom. The van der Waals surface area contributed by atoms with Crippen molar-refractivity contribution in [1.82, 2.24) is 9.78 Å². The highest BCUT2D eigenvalue weighted by Gasteiger charge is 2.03. The molecule has 0 saturated heterocycles. The van der Waals surface area contributed by atoms with Crippen molar-refractivity contribution in [3.05, 3.63) is 36.0 Å². The fraction of sp³-hybridized carbons (Fsp3) is 0.182. The molecule has 0 aliphatic rings. The van der Waals surface area contributed by atoms with E-state index in [1.807, 2.05) is 42.1 Å².